The average molecular weight is 192 g/mol. The maximum atomic E-state index is 12.7. The first-order valence-electron chi connectivity index (χ1n) is 4.69. The number of aromatic nitrogens is 1. The number of hydrogen-bond acceptors (Lipinski definition) is 1. The highest BCUT2D eigenvalue weighted by molar-refractivity contribution is 5.83. The lowest BCUT2D eigenvalue weighted by molar-refractivity contribution is 0.436. The lowest BCUT2D eigenvalue weighted by Crippen LogP contribution is -2.13. The number of halogens is 1. The summed E-state index contributed by atoms with van der Waals surface area (Å²) in [6.45, 7) is -0.0588. The molecule has 2 nitrogen and oxygen atoms in total. The van der Waals surface area contributed by atoms with Crippen molar-refractivity contribution in [2.45, 2.75) is 5.92 Å². The predicted octanol–water partition coefficient (Wildman–Crippen LogP) is 2.18. The third kappa shape index (κ3) is 1.40. The van der Waals surface area contributed by atoms with Gasteiger partial charge in [0.15, 0.2) is 0 Å². The van der Waals surface area contributed by atoms with Gasteiger partial charge in [0.05, 0.1) is 6.67 Å². The number of alkyl halides is 1. The molecule has 0 aliphatic rings. The van der Waals surface area contributed by atoms with Gasteiger partial charge in [-0.05, 0) is 11.6 Å². The van der Waals surface area contributed by atoms with E-state index in [2.05, 4.69) is 4.98 Å². The van der Waals surface area contributed by atoms with E-state index in [1.165, 1.54) is 0 Å². The quantitative estimate of drug-likeness (QED) is 0.769. The standard InChI is InChI=1S/C11H13FN2/c12-5-8(6-13)10-7-14-11-4-2-1-3-9(10)11/h1-4,7-8,14H,5-6,13H2. The first-order chi connectivity index (χ1) is 6.86. The molecule has 0 saturated carbocycles. The molecule has 3 N–H and O–H groups in total. The van der Waals surface area contributed by atoms with Gasteiger partial charge in [-0.2, -0.15) is 0 Å². The lowest BCUT2D eigenvalue weighted by Gasteiger charge is -2.08. The zero-order chi connectivity index (χ0) is 9.97. The molecule has 0 fully saturated rings. The molecule has 0 saturated heterocycles. The Bertz CT molecular complexity index is 418. The van der Waals surface area contributed by atoms with Crippen LogP contribution in [0.4, 0.5) is 4.39 Å². The molecule has 0 bridgehead atoms. The second kappa shape index (κ2) is 3.80. The summed E-state index contributed by atoms with van der Waals surface area (Å²) in [5.74, 6) is -0.189. The van der Waals surface area contributed by atoms with Gasteiger partial charge in [-0.3, -0.25) is 4.39 Å². The van der Waals surface area contributed by atoms with Gasteiger partial charge in [0.1, 0.15) is 0 Å². The molecule has 14 heavy (non-hydrogen) atoms. The highest BCUT2D eigenvalue weighted by atomic mass is 19.1. The molecule has 74 valence electrons. The molecule has 0 amide bonds. The van der Waals surface area contributed by atoms with E-state index >= 15 is 0 Å². The van der Waals surface area contributed by atoms with Crippen molar-refractivity contribution in [2.75, 3.05) is 13.2 Å². The smallest absolute Gasteiger partial charge is 0.0975 e. The van der Waals surface area contributed by atoms with E-state index in [1.807, 2.05) is 30.5 Å². The highest BCUT2D eigenvalue weighted by Gasteiger charge is 2.13. The summed E-state index contributed by atoms with van der Waals surface area (Å²) in [6.07, 6.45) is 1.85. The first kappa shape index (κ1) is 9.21. The second-order valence-electron chi connectivity index (χ2n) is 3.38. The van der Waals surface area contributed by atoms with Crippen LogP contribution < -0.4 is 5.73 Å². The Labute approximate surface area is 81.9 Å². The fourth-order valence-corrected chi connectivity index (χ4v) is 1.70. The van der Waals surface area contributed by atoms with Crippen molar-refractivity contribution in [2.24, 2.45) is 5.73 Å². The van der Waals surface area contributed by atoms with E-state index in [1.54, 1.807) is 0 Å². The van der Waals surface area contributed by atoms with Gasteiger partial charge in [0.25, 0.3) is 0 Å². The zero-order valence-corrected chi connectivity index (χ0v) is 7.83. The summed E-state index contributed by atoms with van der Waals surface area (Å²) in [5, 5.41) is 1.07. The minimum atomic E-state index is -0.404. The minimum absolute atomic E-state index is 0.189. The van der Waals surface area contributed by atoms with E-state index in [9.17, 15) is 4.39 Å². The van der Waals surface area contributed by atoms with Crippen LogP contribution in [0.25, 0.3) is 10.9 Å². The molecule has 1 aromatic carbocycles. The molecule has 1 heterocycles. The Kier molecular flexibility index (Phi) is 2.50. The van der Waals surface area contributed by atoms with E-state index < -0.39 is 6.67 Å². The normalized spacial score (nSPS) is 13.3. The van der Waals surface area contributed by atoms with Gasteiger partial charge in [-0.25, -0.2) is 0 Å². The van der Waals surface area contributed by atoms with E-state index in [0.29, 0.717) is 6.54 Å². The zero-order valence-electron chi connectivity index (χ0n) is 7.83. The molecule has 2 aromatic rings. The summed E-state index contributed by atoms with van der Waals surface area (Å²) in [5.41, 5.74) is 7.53. The van der Waals surface area contributed by atoms with Crippen LogP contribution in [0.15, 0.2) is 30.5 Å². The van der Waals surface area contributed by atoms with Crippen molar-refractivity contribution in [1.82, 2.24) is 4.98 Å². The summed E-state index contributed by atoms with van der Waals surface area (Å²) in [7, 11) is 0. The lowest BCUT2D eigenvalue weighted by atomic mass is 10.0. The summed E-state index contributed by atoms with van der Waals surface area (Å²) < 4.78 is 12.7. The summed E-state index contributed by atoms with van der Waals surface area (Å²) >= 11 is 0. The van der Waals surface area contributed by atoms with Crippen LogP contribution in [0.3, 0.4) is 0 Å². The number of rotatable bonds is 3. The van der Waals surface area contributed by atoms with Crippen LogP contribution in [-0.4, -0.2) is 18.2 Å². The van der Waals surface area contributed by atoms with Gasteiger partial charge in [0.2, 0.25) is 0 Å². The molecule has 2 rings (SSSR count). The molecule has 0 aliphatic carbocycles. The molecule has 0 aliphatic heterocycles. The highest BCUT2D eigenvalue weighted by Crippen LogP contribution is 2.24. The number of hydrogen-bond donors (Lipinski definition) is 2. The molecule has 1 aromatic heterocycles. The monoisotopic (exact) mass is 192 g/mol. The van der Waals surface area contributed by atoms with Crippen LogP contribution in [0.2, 0.25) is 0 Å². The summed E-state index contributed by atoms with van der Waals surface area (Å²) in [4.78, 5) is 3.12. The Balaban J connectivity index is 2.51. The Morgan fingerprint density at radius 1 is 1.36 bits per heavy atom. The molecular formula is C11H13FN2. The molecular weight excluding hydrogens is 179 g/mol. The Morgan fingerprint density at radius 2 is 2.14 bits per heavy atom. The van der Waals surface area contributed by atoms with Crippen LogP contribution in [-0.2, 0) is 0 Å². The third-order valence-corrected chi connectivity index (χ3v) is 2.53. The van der Waals surface area contributed by atoms with Crippen molar-refractivity contribution in [3.05, 3.63) is 36.0 Å². The van der Waals surface area contributed by atoms with Gasteiger partial charge in [-0.1, -0.05) is 18.2 Å². The maximum absolute atomic E-state index is 12.7. The average Bonchev–Trinajstić information content (AvgIpc) is 2.65. The van der Waals surface area contributed by atoms with Gasteiger partial charge in [0, 0.05) is 29.6 Å². The fourth-order valence-electron chi connectivity index (χ4n) is 1.70. The van der Waals surface area contributed by atoms with Crippen molar-refractivity contribution in [3.8, 4) is 0 Å². The molecule has 0 radical (unpaired) electrons. The van der Waals surface area contributed by atoms with Gasteiger partial charge in [-0.15, -0.1) is 0 Å². The molecule has 1 atom stereocenters. The van der Waals surface area contributed by atoms with Gasteiger partial charge >= 0.3 is 0 Å². The predicted molar refractivity (Wildman–Crippen MR) is 56.1 cm³/mol. The number of H-pyrrole nitrogens is 1. The van der Waals surface area contributed by atoms with Crippen LogP contribution in [0.1, 0.15) is 11.5 Å². The number of aromatic amines is 1. The van der Waals surface area contributed by atoms with Crippen molar-refractivity contribution in [1.29, 1.82) is 0 Å². The topological polar surface area (TPSA) is 41.8 Å². The minimum Gasteiger partial charge on any atom is -0.361 e. The first-order valence-corrected chi connectivity index (χ1v) is 4.69. The summed E-state index contributed by atoms with van der Waals surface area (Å²) in [6, 6.07) is 7.87. The van der Waals surface area contributed by atoms with Crippen molar-refractivity contribution >= 4 is 10.9 Å². The number of nitrogens with two attached hydrogens (primary N) is 1. The number of fused-ring (bicyclic) bond motifs is 1. The van der Waals surface area contributed by atoms with Crippen LogP contribution in [0.5, 0.6) is 0 Å². The van der Waals surface area contributed by atoms with Crippen LogP contribution >= 0.6 is 0 Å². The van der Waals surface area contributed by atoms with E-state index in [-0.39, 0.29) is 5.92 Å². The number of nitrogens with one attached hydrogen (secondary N) is 1. The van der Waals surface area contributed by atoms with Gasteiger partial charge < -0.3 is 10.7 Å². The largest absolute Gasteiger partial charge is 0.361 e. The van der Waals surface area contributed by atoms with Crippen LogP contribution in [0, 0.1) is 0 Å². The third-order valence-electron chi connectivity index (χ3n) is 2.53. The van der Waals surface area contributed by atoms with E-state index in [4.69, 9.17) is 5.73 Å². The Morgan fingerprint density at radius 3 is 2.86 bits per heavy atom. The van der Waals surface area contributed by atoms with Crippen molar-refractivity contribution < 1.29 is 4.39 Å². The van der Waals surface area contributed by atoms with E-state index in [0.717, 1.165) is 16.5 Å². The Hall–Kier alpha value is -1.35. The van der Waals surface area contributed by atoms with Crippen molar-refractivity contribution in [3.63, 3.8) is 0 Å². The fraction of sp³-hybridized carbons (Fsp3) is 0.273. The maximum Gasteiger partial charge on any atom is 0.0975 e. The number of benzene rings is 1. The second-order valence-corrected chi connectivity index (χ2v) is 3.38. The molecule has 1 unspecified atom stereocenters. The molecule has 0 spiro atoms. The molecule has 3 heteroatoms. The number of para-hydroxylation sites is 1. The SMILES string of the molecule is NCC(CF)c1c[nH]c2ccccc12.